The summed E-state index contributed by atoms with van der Waals surface area (Å²) < 4.78 is 61.4. The molecule has 1 aromatic rings. The first-order valence-electron chi connectivity index (χ1n) is 24.5. The summed E-state index contributed by atoms with van der Waals surface area (Å²) in [5, 5.41) is 11.3. The second-order valence-corrected chi connectivity index (χ2v) is 23.5. The number of rotatable bonds is 27. The number of nitro benzene ring substituents is 1. The fourth-order valence-corrected chi connectivity index (χ4v) is 12.6. The van der Waals surface area contributed by atoms with Crippen LogP contribution in [0.25, 0.3) is 0 Å². The molecule has 0 radical (unpaired) electrons. The maximum Gasteiger partial charge on any atom is 0.514 e. The summed E-state index contributed by atoms with van der Waals surface area (Å²) in [6.45, 7) is 27.1. The minimum atomic E-state index is -2.32. The number of cyclic esters (lactones) is 1. The van der Waals surface area contributed by atoms with Crippen molar-refractivity contribution in [1.29, 1.82) is 0 Å². The van der Waals surface area contributed by atoms with Crippen LogP contribution >= 0.6 is 0 Å². The van der Waals surface area contributed by atoms with Gasteiger partial charge in [-0.05, 0) is 95.3 Å². The van der Waals surface area contributed by atoms with E-state index in [9.17, 15) is 19.7 Å². The Kier molecular flexibility index (Phi) is 24.4. The number of benzene rings is 1. The number of carbonyl (C=O) groups excluding carboxylic acids is 2. The standard InChI is InChI=1S/C51H83NO14Si/c1-14-43(57-13)39(10)48-44(63-48)35-50(11,60-32-30-58-15-2)28-19-20-37(8)47-38(9)21-26-45(64-49(54)62-41-24-22-40(23-25-41)52(55)56)51(12,61-33-31-59-16-3)29-27-42(34-46(53)65-47)66-67(17-4,18-5)36(6)7/h19-26,28,36,38-39,42-45,47-48H,14-18,27,29-35H2,1-13H3/b26-21+,28-19+,37-20+. The van der Waals surface area contributed by atoms with Gasteiger partial charge in [0.15, 0.2) is 14.4 Å². The third-order valence-corrected chi connectivity index (χ3v) is 18.7. The maximum atomic E-state index is 14.2. The van der Waals surface area contributed by atoms with Crippen molar-refractivity contribution in [2.45, 2.75) is 181 Å². The van der Waals surface area contributed by atoms with E-state index in [1.165, 1.54) is 24.3 Å². The quantitative estimate of drug-likeness (QED) is 0.00938. The molecule has 2 aliphatic rings. The smallest absolute Gasteiger partial charge is 0.457 e. The summed E-state index contributed by atoms with van der Waals surface area (Å²) >= 11 is 0. The highest BCUT2D eigenvalue weighted by Crippen LogP contribution is 2.40. The second kappa shape index (κ2) is 28.2. The van der Waals surface area contributed by atoms with Gasteiger partial charge < -0.3 is 47.1 Å². The normalized spacial score (nSPS) is 26.5. The lowest BCUT2D eigenvalue weighted by Gasteiger charge is -2.40. The molecule has 67 heavy (non-hydrogen) atoms. The molecule has 10 atom stereocenters. The summed E-state index contributed by atoms with van der Waals surface area (Å²) in [5.74, 6) is -0.473. The monoisotopic (exact) mass is 962 g/mol. The molecule has 0 amide bonds. The molecule has 15 nitrogen and oxygen atoms in total. The van der Waals surface area contributed by atoms with Crippen LogP contribution in [0.5, 0.6) is 5.75 Å². The van der Waals surface area contributed by atoms with Crippen LogP contribution < -0.4 is 4.74 Å². The van der Waals surface area contributed by atoms with Crippen molar-refractivity contribution >= 4 is 26.1 Å². The molecule has 2 aliphatic heterocycles. The number of nitrogens with zero attached hydrogens (tertiary/aromatic N) is 1. The fourth-order valence-electron chi connectivity index (χ4n) is 9.02. The van der Waals surface area contributed by atoms with Crippen molar-refractivity contribution < 1.29 is 61.6 Å². The highest BCUT2D eigenvalue weighted by atomic mass is 28.4. The largest absolute Gasteiger partial charge is 0.514 e. The van der Waals surface area contributed by atoms with E-state index in [1.807, 2.05) is 65.8 Å². The third-order valence-electron chi connectivity index (χ3n) is 13.4. The highest BCUT2D eigenvalue weighted by molar-refractivity contribution is 6.75. The fraction of sp³-hybridized carbons (Fsp3) is 0.725. The number of nitro groups is 1. The van der Waals surface area contributed by atoms with Gasteiger partial charge in [0.1, 0.15) is 17.5 Å². The molecule has 0 aromatic heterocycles. The Morgan fingerprint density at radius 3 is 2.25 bits per heavy atom. The zero-order chi connectivity index (χ0) is 49.8. The van der Waals surface area contributed by atoms with Crippen LogP contribution in [0.3, 0.4) is 0 Å². The lowest BCUT2D eigenvalue weighted by atomic mass is 9.88. The second-order valence-electron chi connectivity index (χ2n) is 18.6. The number of allylic oxidation sites excluding steroid dienone is 2. The number of hydrogen-bond acceptors (Lipinski definition) is 14. The average Bonchev–Trinajstić information content (AvgIpc) is 4.06. The van der Waals surface area contributed by atoms with Crippen molar-refractivity contribution in [3.05, 3.63) is 70.3 Å². The molecule has 380 valence electrons. The molecular weight excluding hydrogens is 879 g/mol. The summed E-state index contributed by atoms with van der Waals surface area (Å²) in [7, 11) is -0.582. The first-order valence-corrected chi connectivity index (χ1v) is 26.9. The van der Waals surface area contributed by atoms with E-state index in [1.54, 1.807) is 13.2 Å². The van der Waals surface area contributed by atoms with Gasteiger partial charge in [0.2, 0.25) is 0 Å². The topological polar surface area (TPSA) is 173 Å². The molecule has 0 spiro atoms. The molecule has 0 aliphatic carbocycles. The molecule has 1 fully saturated rings. The van der Waals surface area contributed by atoms with E-state index in [2.05, 4.69) is 41.5 Å². The minimum Gasteiger partial charge on any atom is -0.457 e. The predicted octanol–water partition coefficient (Wildman–Crippen LogP) is 10.9. The summed E-state index contributed by atoms with van der Waals surface area (Å²) in [4.78, 5) is 38.5. The van der Waals surface area contributed by atoms with Crippen LogP contribution in [0.2, 0.25) is 17.6 Å². The van der Waals surface area contributed by atoms with E-state index >= 15 is 0 Å². The van der Waals surface area contributed by atoms with Gasteiger partial charge in [-0.15, -0.1) is 0 Å². The Bertz CT molecular complexity index is 1750. The van der Waals surface area contributed by atoms with Crippen molar-refractivity contribution in [1.82, 2.24) is 0 Å². The van der Waals surface area contributed by atoms with Gasteiger partial charge in [0.05, 0.1) is 67.8 Å². The Hall–Kier alpha value is -3.48. The van der Waals surface area contributed by atoms with Crippen molar-refractivity contribution in [3.8, 4) is 5.75 Å². The number of hydrogen-bond donors (Lipinski definition) is 0. The summed E-state index contributed by atoms with van der Waals surface area (Å²) in [6.07, 6.45) is 8.79. The Morgan fingerprint density at radius 2 is 1.67 bits per heavy atom. The highest BCUT2D eigenvalue weighted by Gasteiger charge is 2.48. The minimum absolute atomic E-state index is 0.00642. The van der Waals surface area contributed by atoms with E-state index in [0.717, 1.165) is 24.1 Å². The molecule has 16 heteroatoms. The number of carbonyl (C=O) groups is 2. The van der Waals surface area contributed by atoms with Crippen LogP contribution in [0, 0.1) is 22.0 Å². The van der Waals surface area contributed by atoms with Gasteiger partial charge in [-0.3, -0.25) is 14.9 Å². The van der Waals surface area contributed by atoms with Gasteiger partial charge in [0, 0.05) is 50.7 Å². The van der Waals surface area contributed by atoms with E-state index < -0.39 is 54.8 Å². The zero-order valence-electron chi connectivity index (χ0n) is 42.7. The van der Waals surface area contributed by atoms with E-state index in [-0.39, 0.29) is 54.7 Å². The number of non-ortho nitro benzene ring substituents is 1. The van der Waals surface area contributed by atoms with Gasteiger partial charge >= 0.3 is 12.1 Å². The van der Waals surface area contributed by atoms with Crippen molar-refractivity contribution in [2.75, 3.05) is 46.8 Å². The first kappa shape index (κ1) is 57.8. The summed E-state index contributed by atoms with van der Waals surface area (Å²) in [5.41, 5.74) is -0.890. The molecule has 2 heterocycles. The van der Waals surface area contributed by atoms with Crippen molar-refractivity contribution in [2.24, 2.45) is 11.8 Å². The van der Waals surface area contributed by atoms with E-state index in [0.29, 0.717) is 57.8 Å². The molecule has 3 rings (SSSR count). The van der Waals surface area contributed by atoms with Crippen LogP contribution in [0.1, 0.15) is 115 Å². The average molecular weight is 962 g/mol. The van der Waals surface area contributed by atoms with E-state index in [4.69, 9.17) is 47.1 Å². The van der Waals surface area contributed by atoms with Gasteiger partial charge in [-0.25, -0.2) is 4.79 Å². The molecule has 0 N–H and O–H groups in total. The summed E-state index contributed by atoms with van der Waals surface area (Å²) in [6, 6.07) is 6.92. The number of epoxide rings is 1. The lowest BCUT2D eigenvalue weighted by Crippen LogP contribution is -2.48. The Morgan fingerprint density at radius 1 is 1.01 bits per heavy atom. The lowest BCUT2D eigenvalue weighted by molar-refractivity contribution is -0.384. The van der Waals surface area contributed by atoms with Gasteiger partial charge in [-0.1, -0.05) is 72.8 Å². The SMILES string of the molecule is CCOCCOC(C)(/C=C/C=C(\C)C1OC(=O)CC(O[Si](CC)(CC)C(C)C)CCC(C)(OCCOCC)C(OC(=O)Oc2ccc([N+](=O)[O-])cc2)/C=C/C1C)CC1OC1C(C)C(CC)OC. The molecule has 1 saturated heterocycles. The molecule has 1 aromatic carbocycles. The van der Waals surface area contributed by atoms with Crippen LogP contribution in [0.4, 0.5) is 10.5 Å². The van der Waals surface area contributed by atoms with Crippen LogP contribution in [-0.2, 0) is 47.1 Å². The third kappa shape index (κ3) is 18.1. The van der Waals surface area contributed by atoms with Crippen LogP contribution in [-0.4, -0.2) is 120 Å². The first-order chi connectivity index (χ1) is 31.8. The number of esters is 1. The number of ether oxygens (including phenoxy) is 9. The molecule has 0 saturated carbocycles. The number of methoxy groups -OCH3 is 1. The Balaban J connectivity index is 2.07. The molecule has 10 unspecified atom stereocenters. The van der Waals surface area contributed by atoms with Crippen LogP contribution in [0.15, 0.2) is 60.2 Å². The van der Waals surface area contributed by atoms with Gasteiger partial charge in [-0.2, -0.15) is 0 Å². The maximum absolute atomic E-state index is 14.2. The zero-order valence-corrected chi connectivity index (χ0v) is 43.7. The Labute approximate surface area is 401 Å². The predicted molar refractivity (Wildman–Crippen MR) is 261 cm³/mol. The van der Waals surface area contributed by atoms with Crippen molar-refractivity contribution in [3.63, 3.8) is 0 Å². The molecular formula is C51H83NO14Si. The van der Waals surface area contributed by atoms with Gasteiger partial charge in [0.25, 0.3) is 5.69 Å². The molecule has 0 bridgehead atoms.